The minimum Gasteiger partial charge on any atom is -0.345 e. The van der Waals surface area contributed by atoms with Gasteiger partial charge in [0.1, 0.15) is 0 Å². The summed E-state index contributed by atoms with van der Waals surface area (Å²) in [6.07, 6.45) is 8.08. The highest BCUT2D eigenvalue weighted by atomic mass is 35.5. The van der Waals surface area contributed by atoms with Crippen LogP contribution in [-0.2, 0) is 4.79 Å². The molecule has 0 bridgehead atoms. The minimum atomic E-state index is 0. The average molecular weight is 261 g/mol. The third-order valence-corrected chi connectivity index (χ3v) is 4.34. The van der Waals surface area contributed by atoms with E-state index in [0.717, 1.165) is 25.3 Å². The summed E-state index contributed by atoms with van der Waals surface area (Å²) in [4.78, 5) is 13.9. The lowest BCUT2D eigenvalue weighted by molar-refractivity contribution is -0.131. The van der Waals surface area contributed by atoms with Gasteiger partial charge in [-0.05, 0) is 37.5 Å². The second-order valence-electron chi connectivity index (χ2n) is 5.63. The Morgan fingerprint density at radius 3 is 2.35 bits per heavy atom. The molecule has 2 aliphatic rings. The van der Waals surface area contributed by atoms with Crippen LogP contribution >= 0.6 is 12.4 Å². The maximum atomic E-state index is 12.0. The fraction of sp³-hybridized carbons (Fsp3) is 0.923. The van der Waals surface area contributed by atoms with Crippen LogP contribution in [0.1, 0.15) is 44.9 Å². The van der Waals surface area contributed by atoms with E-state index >= 15 is 0 Å². The van der Waals surface area contributed by atoms with Crippen molar-refractivity contribution in [1.29, 1.82) is 0 Å². The molecular weight excluding hydrogens is 236 g/mol. The molecule has 2 rings (SSSR count). The van der Waals surface area contributed by atoms with Gasteiger partial charge in [-0.1, -0.05) is 12.8 Å². The van der Waals surface area contributed by atoms with E-state index in [1.807, 2.05) is 11.9 Å². The molecule has 17 heavy (non-hydrogen) atoms. The topological polar surface area (TPSA) is 46.3 Å². The molecular formula is C13H25ClN2O. The molecule has 2 saturated carbocycles. The first-order chi connectivity index (χ1) is 7.66. The number of rotatable bonds is 4. The number of carbonyl (C=O) groups is 1. The molecule has 2 aliphatic carbocycles. The molecule has 3 nitrogen and oxygen atoms in total. The monoisotopic (exact) mass is 260 g/mol. The van der Waals surface area contributed by atoms with Crippen molar-refractivity contribution in [1.82, 2.24) is 4.90 Å². The van der Waals surface area contributed by atoms with Crippen LogP contribution in [0.15, 0.2) is 0 Å². The lowest BCUT2D eigenvalue weighted by Crippen LogP contribution is -2.37. The average Bonchev–Trinajstić information content (AvgIpc) is 2.58. The lowest BCUT2D eigenvalue weighted by Gasteiger charge is -2.31. The number of halogens is 1. The summed E-state index contributed by atoms with van der Waals surface area (Å²) in [6, 6.07) is 0.265. The van der Waals surface area contributed by atoms with Crippen LogP contribution in [0.2, 0.25) is 0 Å². The van der Waals surface area contributed by atoms with Gasteiger partial charge in [-0.3, -0.25) is 4.79 Å². The molecule has 100 valence electrons. The highest BCUT2D eigenvalue weighted by Gasteiger charge is 2.28. The summed E-state index contributed by atoms with van der Waals surface area (Å²) >= 11 is 0. The fourth-order valence-electron chi connectivity index (χ4n) is 2.86. The Morgan fingerprint density at radius 1 is 1.24 bits per heavy atom. The van der Waals surface area contributed by atoms with E-state index in [-0.39, 0.29) is 18.4 Å². The summed E-state index contributed by atoms with van der Waals surface area (Å²) in [5.41, 5.74) is 6.00. The fourth-order valence-corrected chi connectivity index (χ4v) is 2.86. The van der Waals surface area contributed by atoms with Crippen molar-refractivity contribution >= 4 is 18.3 Å². The first-order valence-electron chi connectivity index (χ1n) is 6.66. The van der Waals surface area contributed by atoms with Gasteiger partial charge in [0, 0.05) is 26.1 Å². The molecule has 2 atom stereocenters. The Balaban J connectivity index is 0.00000144. The Morgan fingerprint density at radius 2 is 1.88 bits per heavy atom. The summed E-state index contributed by atoms with van der Waals surface area (Å²) in [5, 5.41) is 0. The zero-order valence-electron chi connectivity index (χ0n) is 10.7. The Bertz CT molecular complexity index is 256. The predicted octanol–water partition coefficient (Wildman–Crippen LogP) is 2.18. The number of hydrogen-bond acceptors (Lipinski definition) is 2. The Kier molecular flexibility index (Phi) is 5.74. The van der Waals surface area contributed by atoms with Crippen molar-refractivity contribution in [3.63, 3.8) is 0 Å². The molecule has 0 aromatic rings. The van der Waals surface area contributed by atoms with Crippen LogP contribution in [0.25, 0.3) is 0 Å². The van der Waals surface area contributed by atoms with Gasteiger partial charge in [0.15, 0.2) is 0 Å². The quantitative estimate of drug-likeness (QED) is 0.842. The van der Waals surface area contributed by atoms with E-state index in [1.165, 1.54) is 25.7 Å². The summed E-state index contributed by atoms with van der Waals surface area (Å²) < 4.78 is 0. The van der Waals surface area contributed by atoms with E-state index in [1.54, 1.807) is 0 Å². The molecule has 2 N–H and O–H groups in total. The van der Waals surface area contributed by atoms with E-state index in [2.05, 4.69) is 0 Å². The van der Waals surface area contributed by atoms with Crippen molar-refractivity contribution in [2.75, 3.05) is 13.6 Å². The standard InChI is InChI=1S/C13H24N2O.ClH/c1-15(9-10-4-2-5-10)13(16)8-11-6-3-7-12(11)14;/h10-12H,2-9,14H2,1H3;1H/t11-,12+;/m0./s1. The van der Waals surface area contributed by atoms with E-state index in [0.29, 0.717) is 18.2 Å². The van der Waals surface area contributed by atoms with Gasteiger partial charge in [-0.25, -0.2) is 0 Å². The van der Waals surface area contributed by atoms with E-state index < -0.39 is 0 Å². The number of hydrogen-bond donors (Lipinski definition) is 1. The number of carbonyl (C=O) groups excluding carboxylic acids is 1. The molecule has 0 saturated heterocycles. The number of amides is 1. The predicted molar refractivity (Wildman–Crippen MR) is 72.2 cm³/mol. The smallest absolute Gasteiger partial charge is 0.222 e. The van der Waals surface area contributed by atoms with Crippen LogP contribution in [-0.4, -0.2) is 30.4 Å². The highest BCUT2D eigenvalue weighted by molar-refractivity contribution is 5.85. The zero-order chi connectivity index (χ0) is 11.5. The van der Waals surface area contributed by atoms with Crippen LogP contribution in [0, 0.1) is 11.8 Å². The molecule has 0 unspecified atom stereocenters. The van der Waals surface area contributed by atoms with Crippen molar-refractivity contribution < 1.29 is 4.79 Å². The summed E-state index contributed by atoms with van der Waals surface area (Å²) in [5.74, 6) is 1.51. The maximum absolute atomic E-state index is 12.0. The van der Waals surface area contributed by atoms with Gasteiger partial charge in [-0.15, -0.1) is 12.4 Å². The van der Waals surface area contributed by atoms with Gasteiger partial charge in [0.2, 0.25) is 5.91 Å². The number of nitrogens with two attached hydrogens (primary N) is 1. The number of nitrogens with zero attached hydrogens (tertiary/aromatic N) is 1. The van der Waals surface area contributed by atoms with Gasteiger partial charge in [0.05, 0.1) is 0 Å². The van der Waals surface area contributed by atoms with Gasteiger partial charge in [0.25, 0.3) is 0 Å². The SMILES string of the molecule is CN(CC1CCC1)C(=O)C[C@@H]1CCC[C@H]1N.Cl. The summed E-state index contributed by atoms with van der Waals surface area (Å²) in [6.45, 7) is 0.959. The molecule has 0 aliphatic heterocycles. The van der Waals surface area contributed by atoms with Crippen molar-refractivity contribution in [2.24, 2.45) is 17.6 Å². The Labute approximate surface area is 111 Å². The van der Waals surface area contributed by atoms with Crippen LogP contribution in [0.5, 0.6) is 0 Å². The first kappa shape index (κ1) is 14.8. The lowest BCUT2D eigenvalue weighted by atomic mass is 9.85. The molecule has 0 heterocycles. The molecule has 0 radical (unpaired) electrons. The van der Waals surface area contributed by atoms with Crippen molar-refractivity contribution in [2.45, 2.75) is 51.0 Å². The van der Waals surface area contributed by atoms with Gasteiger partial charge < -0.3 is 10.6 Å². The largest absolute Gasteiger partial charge is 0.345 e. The second-order valence-corrected chi connectivity index (χ2v) is 5.63. The van der Waals surface area contributed by atoms with Gasteiger partial charge >= 0.3 is 0 Å². The molecule has 0 aromatic carbocycles. The first-order valence-corrected chi connectivity index (χ1v) is 6.66. The van der Waals surface area contributed by atoms with Crippen LogP contribution in [0.3, 0.4) is 0 Å². The van der Waals surface area contributed by atoms with Crippen LogP contribution < -0.4 is 5.73 Å². The van der Waals surface area contributed by atoms with E-state index in [4.69, 9.17) is 5.73 Å². The molecule has 0 aromatic heterocycles. The molecule has 1 amide bonds. The highest BCUT2D eigenvalue weighted by Crippen LogP contribution is 2.29. The third-order valence-electron chi connectivity index (χ3n) is 4.34. The normalized spacial score (nSPS) is 28.4. The Hall–Kier alpha value is -0.280. The molecule has 0 spiro atoms. The molecule has 2 fully saturated rings. The van der Waals surface area contributed by atoms with Crippen LogP contribution in [0.4, 0.5) is 0 Å². The second kappa shape index (κ2) is 6.60. The zero-order valence-corrected chi connectivity index (χ0v) is 11.5. The van der Waals surface area contributed by atoms with Gasteiger partial charge in [-0.2, -0.15) is 0 Å². The molecule has 4 heteroatoms. The van der Waals surface area contributed by atoms with E-state index in [9.17, 15) is 4.79 Å². The maximum Gasteiger partial charge on any atom is 0.222 e. The summed E-state index contributed by atoms with van der Waals surface area (Å²) in [7, 11) is 1.95. The minimum absolute atomic E-state index is 0. The third kappa shape index (κ3) is 3.85. The van der Waals surface area contributed by atoms with Crippen molar-refractivity contribution in [3.8, 4) is 0 Å². The van der Waals surface area contributed by atoms with Crippen molar-refractivity contribution in [3.05, 3.63) is 0 Å².